The fraction of sp³-hybridized carbons (Fsp3) is 0.588. The maximum absolute atomic E-state index is 12.2. The first-order chi connectivity index (χ1) is 11.2. The van der Waals surface area contributed by atoms with Crippen LogP contribution in [0.3, 0.4) is 0 Å². The second-order valence-corrected chi connectivity index (χ2v) is 8.86. The van der Waals surface area contributed by atoms with Gasteiger partial charge in [-0.3, -0.25) is 4.79 Å². The highest BCUT2D eigenvalue weighted by molar-refractivity contribution is 7.89. The summed E-state index contributed by atoms with van der Waals surface area (Å²) in [6.07, 6.45) is 3.56. The zero-order chi connectivity index (χ0) is 17.9. The number of carbonyl (C=O) groups excluding carboxylic acids is 1. The van der Waals surface area contributed by atoms with E-state index >= 15 is 0 Å². The fourth-order valence-corrected chi connectivity index (χ4v) is 3.98. The van der Waals surface area contributed by atoms with Crippen LogP contribution < -0.4 is 11.1 Å². The molecule has 2 rings (SSSR count). The van der Waals surface area contributed by atoms with Crippen molar-refractivity contribution in [3.05, 3.63) is 29.8 Å². The first-order valence-corrected chi connectivity index (χ1v) is 9.73. The predicted octanol–water partition coefficient (Wildman–Crippen LogP) is 2.05. The summed E-state index contributed by atoms with van der Waals surface area (Å²) >= 11 is 0. The molecule has 1 aliphatic rings. The lowest BCUT2D eigenvalue weighted by molar-refractivity contribution is -0.122. The van der Waals surface area contributed by atoms with Crippen molar-refractivity contribution in [1.82, 2.24) is 9.62 Å². The molecule has 1 aliphatic carbocycles. The summed E-state index contributed by atoms with van der Waals surface area (Å²) in [6, 6.07) is 6.57. The van der Waals surface area contributed by atoms with Crippen molar-refractivity contribution in [2.45, 2.75) is 49.6 Å². The van der Waals surface area contributed by atoms with Crippen LogP contribution in [0.25, 0.3) is 0 Å². The van der Waals surface area contributed by atoms with Crippen LogP contribution in [0, 0.1) is 5.92 Å². The number of hydrogen-bond acceptors (Lipinski definition) is 4. The van der Waals surface area contributed by atoms with Crippen LogP contribution in [0.1, 0.15) is 44.2 Å². The Kier molecular flexibility index (Phi) is 7.87. The van der Waals surface area contributed by atoms with E-state index < -0.39 is 10.0 Å². The van der Waals surface area contributed by atoms with Crippen molar-refractivity contribution < 1.29 is 13.2 Å². The van der Waals surface area contributed by atoms with Crippen LogP contribution in [0.5, 0.6) is 0 Å². The molecule has 1 unspecified atom stereocenters. The molecule has 0 saturated heterocycles. The second-order valence-electron chi connectivity index (χ2n) is 6.70. The normalized spacial score (nSPS) is 21.6. The van der Waals surface area contributed by atoms with Crippen molar-refractivity contribution in [3.63, 3.8) is 0 Å². The van der Waals surface area contributed by atoms with Crippen LogP contribution >= 0.6 is 12.4 Å². The Balaban J connectivity index is 0.00000312. The van der Waals surface area contributed by atoms with E-state index in [1.165, 1.54) is 18.4 Å². The number of nitrogens with two attached hydrogens (primary N) is 1. The number of carbonyl (C=O) groups is 1. The van der Waals surface area contributed by atoms with Gasteiger partial charge in [0.05, 0.1) is 10.9 Å². The SMILES string of the molecule is CC(NC(=O)C[C@@H]1CCC[C@H]1N)c1ccc(S(=O)(=O)N(C)C)cc1.Cl. The molecule has 1 aromatic rings. The highest BCUT2D eigenvalue weighted by Crippen LogP contribution is 2.27. The summed E-state index contributed by atoms with van der Waals surface area (Å²) < 4.78 is 25.3. The number of nitrogens with zero attached hydrogens (tertiary/aromatic N) is 1. The molecule has 1 saturated carbocycles. The molecule has 0 aromatic heterocycles. The topological polar surface area (TPSA) is 92.5 Å². The van der Waals surface area contributed by atoms with Crippen molar-refractivity contribution in [1.29, 1.82) is 0 Å². The summed E-state index contributed by atoms with van der Waals surface area (Å²) in [5, 5.41) is 2.97. The van der Waals surface area contributed by atoms with E-state index in [4.69, 9.17) is 5.73 Å². The second kappa shape index (κ2) is 8.98. The zero-order valence-electron chi connectivity index (χ0n) is 14.9. The third-order valence-corrected chi connectivity index (χ3v) is 6.53. The number of amides is 1. The van der Waals surface area contributed by atoms with E-state index in [1.807, 2.05) is 6.92 Å². The molecule has 25 heavy (non-hydrogen) atoms. The van der Waals surface area contributed by atoms with Gasteiger partial charge in [0.1, 0.15) is 0 Å². The molecule has 6 nitrogen and oxygen atoms in total. The van der Waals surface area contributed by atoms with Gasteiger partial charge in [-0.2, -0.15) is 0 Å². The van der Waals surface area contributed by atoms with Gasteiger partial charge < -0.3 is 11.1 Å². The molecular weight excluding hydrogens is 362 g/mol. The number of nitrogens with one attached hydrogen (secondary N) is 1. The Morgan fingerprint density at radius 2 is 1.88 bits per heavy atom. The van der Waals surface area contributed by atoms with Crippen molar-refractivity contribution in [3.8, 4) is 0 Å². The highest BCUT2D eigenvalue weighted by Gasteiger charge is 2.26. The molecule has 0 radical (unpaired) electrons. The molecule has 8 heteroatoms. The van der Waals surface area contributed by atoms with Gasteiger partial charge in [0.25, 0.3) is 0 Å². The van der Waals surface area contributed by atoms with Gasteiger partial charge in [-0.15, -0.1) is 12.4 Å². The van der Waals surface area contributed by atoms with Crippen LogP contribution in [-0.4, -0.2) is 38.8 Å². The molecule has 0 bridgehead atoms. The van der Waals surface area contributed by atoms with Gasteiger partial charge in [-0.25, -0.2) is 12.7 Å². The van der Waals surface area contributed by atoms with Crippen LogP contribution in [-0.2, 0) is 14.8 Å². The summed E-state index contributed by atoms with van der Waals surface area (Å²) in [5.41, 5.74) is 6.88. The molecule has 0 spiro atoms. The van der Waals surface area contributed by atoms with Crippen molar-refractivity contribution in [2.24, 2.45) is 11.7 Å². The number of sulfonamides is 1. The van der Waals surface area contributed by atoms with Crippen molar-refractivity contribution in [2.75, 3.05) is 14.1 Å². The molecular formula is C17H28ClN3O3S. The number of hydrogen-bond donors (Lipinski definition) is 2. The molecule has 142 valence electrons. The summed E-state index contributed by atoms with van der Waals surface area (Å²) in [4.78, 5) is 12.4. The first kappa shape index (κ1) is 21.9. The third kappa shape index (κ3) is 5.41. The highest BCUT2D eigenvalue weighted by atomic mass is 35.5. The van der Waals surface area contributed by atoms with E-state index in [0.717, 1.165) is 24.8 Å². The molecule has 3 N–H and O–H groups in total. The average Bonchev–Trinajstić information content (AvgIpc) is 2.92. The van der Waals surface area contributed by atoms with Crippen LogP contribution in [0.2, 0.25) is 0 Å². The number of rotatable bonds is 6. The Bertz CT molecular complexity index is 677. The van der Waals surface area contributed by atoms with Crippen LogP contribution in [0.15, 0.2) is 29.2 Å². The minimum absolute atomic E-state index is 0. The van der Waals surface area contributed by atoms with E-state index in [1.54, 1.807) is 24.3 Å². The number of benzene rings is 1. The van der Waals surface area contributed by atoms with E-state index in [-0.39, 0.29) is 41.2 Å². The van der Waals surface area contributed by atoms with Crippen molar-refractivity contribution >= 4 is 28.3 Å². The maximum Gasteiger partial charge on any atom is 0.242 e. The molecule has 1 aromatic carbocycles. The molecule has 1 fully saturated rings. The Labute approximate surface area is 156 Å². The molecule has 1 amide bonds. The maximum atomic E-state index is 12.2. The number of halogens is 1. The summed E-state index contributed by atoms with van der Waals surface area (Å²) in [5.74, 6) is 0.264. The largest absolute Gasteiger partial charge is 0.350 e. The van der Waals surface area contributed by atoms with Gasteiger partial charge in [0.2, 0.25) is 15.9 Å². The average molecular weight is 390 g/mol. The van der Waals surface area contributed by atoms with Gasteiger partial charge in [0, 0.05) is 26.6 Å². The van der Waals surface area contributed by atoms with Gasteiger partial charge >= 0.3 is 0 Å². The lowest BCUT2D eigenvalue weighted by Gasteiger charge is -2.19. The zero-order valence-corrected chi connectivity index (χ0v) is 16.6. The third-order valence-electron chi connectivity index (χ3n) is 4.70. The quantitative estimate of drug-likeness (QED) is 0.778. The van der Waals surface area contributed by atoms with Gasteiger partial charge in [-0.1, -0.05) is 18.6 Å². The van der Waals surface area contributed by atoms with E-state index in [0.29, 0.717) is 6.42 Å². The molecule has 3 atom stereocenters. The smallest absolute Gasteiger partial charge is 0.242 e. The molecule has 0 heterocycles. The summed E-state index contributed by atoms with van der Waals surface area (Å²) in [7, 11) is -0.433. The Hall–Kier alpha value is -1.15. The van der Waals surface area contributed by atoms with E-state index in [9.17, 15) is 13.2 Å². The monoisotopic (exact) mass is 389 g/mol. The minimum Gasteiger partial charge on any atom is -0.350 e. The molecule has 0 aliphatic heterocycles. The summed E-state index contributed by atoms with van der Waals surface area (Å²) in [6.45, 7) is 1.89. The lowest BCUT2D eigenvalue weighted by atomic mass is 9.99. The minimum atomic E-state index is -3.43. The fourth-order valence-electron chi connectivity index (χ4n) is 3.08. The first-order valence-electron chi connectivity index (χ1n) is 8.29. The van der Waals surface area contributed by atoms with Crippen LogP contribution in [0.4, 0.5) is 0 Å². The van der Waals surface area contributed by atoms with Gasteiger partial charge in [0.15, 0.2) is 0 Å². The lowest BCUT2D eigenvalue weighted by Crippen LogP contribution is -2.32. The Morgan fingerprint density at radius 3 is 2.36 bits per heavy atom. The predicted molar refractivity (Wildman–Crippen MR) is 101 cm³/mol. The van der Waals surface area contributed by atoms with Gasteiger partial charge in [-0.05, 0) is 43.4 Å². The van der Waals surface area contributed by atoms with E-state index in [2.05, 4.69) is 5.32 Å². The Morgan fingerprint density at radius 1 is 1.28 bits per heavy atom. The standard InChI is InChI=1S/C17H27N3O3S.ClH/c1-12(19-17(21)11-14-5-4-6-16(14)18)13-7-9-15(10-8-13)24(22,23)20(2)3;/h7-10,12,14,16H,4-6,11,18H2,1-3H3,(H,19,21);1H/t12?,14-,16+;/m0./s1.